The van der Waals surface area contributed by atoms with Crippen molar-refractivity contribution in [1.29, 1.82) is 0 Å². The Bertz CT molecular complexity index is 506. The molecule has 18 heavy (non-hydrogen) atoms. The third-order valence-corrected chi connectivity index (χ3v) is 4.22. The lowest BCUT2D eigenvalue weighted by Crippen LogP contribution is -2.35. The van der Waals surface area contributed by atoms with Crippen LogP contribution >= 0.6 is 15.9 Å². The monoisotopic (exact) mass is 338 g/mol. The number of hydrogen-bond acceptors (Lipinski definition) is 3. The SMILES string of the molecule is CC(C)(CCBr)CNS(=O)(=O)c1ncccc1F. The molecule has 0 aliphatic rings. The fraction of sp³-hybridized carbons (Fsp3) is 0.545. The molecule has 0 saturated carbocycles. The van der Waals surface area contributed by atoms with Crippen LogP contribution in [0.5, 0.6) is 0 Å². The minimum Gasteiger partial charge on any atom is -0.241 e. The van der Waals surface area contributed by atoms with E-state index in [1.54, 1.807) is 0 Å². The van der Waals surface area contributed by atoms with Gasteiger partial charge in [0.05, 0.1) is 0 Å². The zero-order valence-corrected chi connectivity index (χ0v) is 12.7. The summed E-state index contributed by atoms with van der Waals surface area (Å²) in [6.45, 7) is 4.11. The summed E-state index contributed by atoms with van der Waals surface area (Å²) in [6.07, 6.45) is 2.06. The molecular formula is C11H16BrFN2O2S. The van der Waals surface area contributed by atoms with Crippen LogP contribution in [0.2, 0.25) is 0 Å². The maximum Gasteiger partial charge on any atom is 0.261 e. The van der Waals surface area contributed by atoms with E-state index in [9.17, 15) is 12.8 Å². The highest BCUT2D eigenvalue weighted by Gasteiger charge is 2.24. The number of nitrogens with one attached hydrogen (secondary N) is 1. The molecule has 0 bridgehead atoms. The molecule has 0 aromatic carbocycles. The number of alkyl halides is 1. The van der Waals surface area contributed by atoms with Gasteiger partial charge < -0.3 is 0 Å². The Labute approximate surface area is 115 Å². The van der Waals surface area contributed by atoms with Crippen LogP contribution in [0.15, 0.2) is 23.4 Å². The van der Waals surface area contributed by atoms with Crippen molar-refractivity contribution < 1.29 is 12.8 Å². The van der Waals surface area contributed by atoms with Crippen molar-refractivity contribution in [3.8, 4) is 0 Å². The molecule has 0 aliphatic heterocycles. The first-order valence-corrected chi connectivity index (χ1v) is 8.05. The molecule has 102 valence electrons. The minimum atomic E-state index is -3.89. The molecule has 1 N–H and O–H groups in total. The molecule has 0 saturated heterocycles. The van der Waals surface area contributed by atoms with Gasteiger partial charge in [-0.3, -0.25) is 0 Å². The predicted molar refractivity (Wildman–Crippen MR) is 71.6 cm³/mol. The van der Waals surface area contributed by atoms with Gasteiger partial charge in [-0.25, -0.2) is 22.5 Å². The van der Waals surface area contributed by atoms with Crippen LogP contribution in [-0.4, -0.2) is 25.3 Å². The van der Waals surface area contributed by atoms with Crippen LogP contribution in [0.3, 0.4) is 0 Å². The highest BCUT2D eigenvalue weighted by atomic mass is 79.9. The Morgan fingerprint density at radius 1 is 1.50 bits per heavy atom. The van der Waals surface area contributed by atoms with Gasteiger partial charge in [0.1, 0.15) is 0 Å². The van der Waals surface area contributed by atoms with Gasteiger partial charge in [0.15, 0.2) is 5.82 Å². The van der Waals surface area contributed by atoms with E-state index in [-0.39, 0.29) is 12.0 Å². The largest absolute Gasteiger partial charge is 0.261 e. The maximum atomic E-state index is 13.4. The molecule has 0 unspecified atom stereocenters. The Kier molecular flexibility index (Phi) is 5.24. The van der Waals surface area contributed by atoms with Gasteiger partial charge in [0.25, 0.3) is 10.0 Å². The molecule has 0 aliphatic carbocycles. The number of aromatic nitrogens is 1. The van der Waals surface area contributed by atoms with Crippen molar-refractivity contribution in [1.82, 2.24) is 9.71 Å². The lowest BCUT2D eigenvalue weighted by atomic mass is 9.91. The maximum absolute atomic E-state index is 13.4. The summed E-state index contributed by atoms with van der Waals surface area (Å²) >= 11 is 3.31. The first-order valence-electron chi connectivity index (χ1n) is 5.45. The number of sulfonamides is 1. The van der Waals surface area contributed by atoms with Crippen molar-refractivity contribution in [3.63, 3.8) is 0 Å². The van der Waals surface area contributed by atoms with Gasteiger partial charge in [0, 0.05) is 18.1 Å². The molecule has 1 heterocycles. The van der Waals surface area contributed by atoms with Gasteiger partial charge in [0.2, 0.25) is 5.03 Å². The van der Waals surface area contributed by atoms with Crippen LogP contribution in [-0.2, 0) is 10.0 Å². The quantitative estimate of drug-likeness (QED) is 0.809. The van der Waals surface area contributed by atoms with E-state index in [0.29, 0.717) is 0 Å². The van der Waals surface area contributed by atoms with Gasteiger partial charge in [-0.1, -0.05) is 29.8 Å². The first kappa shape index (κ1) is 15.5. The Hall–Kier alpha value is -0.530. The third kappa shape index (κ3) is 4.29. The summed E-state index contributed by atoms with van der Waals surface area (Å²) in [4.78, 5) is 3.56. The van der Waals surface area contributed by atoms with Crippen molar-refractivity contribution in [2.45, 2.75) is 25.3 Å². The van der Waals surface area contributed by atoms with Crippen molar-refractivity contribution in [3.05, 3.63) is 24.1 Å². The average molecular weight is 339 g/mol. The van der Waals surface area contributed by atoms with Gasteiger partial charge >= 0.3 is 0 Å². The third-order valence-electron chi connectivity index (χ3n) is 2.49. The normalized spacial score (nSPS) is 12.7. The lowest BCUT2D eigenvalue weighted by Gasteiger charge is -2.23. The van der Waals surface area contributed by atoms with Crippen LogP contribution in [0.4, 0.5) is 4.39 Å². The van der Waals surface area contributed by atoms with Crippen molar-refractivity contribution >= 4 is 26.0 Å². The van der Waals surface area contributed by atoms with Gasteiger partial charge in [-0.2, -0.15) is 0 Å². The predicted octanol–water partition coefficient (Wildman–Crippen LogP) is 2.31. The standard InChI is InChI=1S/C11H16BrFN2O2S/c1-11(2,5-6-12)8-15-18(16,17)10-9(13)4-3-7-14-10/h3-4,7,15H,5-6,8H2,1-2H3. The smallest absolute Gasteiger partial charge is 0.241 e. The molecule has 0 spiro atoms. The lowest BCUT2D eigenvalue weighted by molar-refractivity contribution is 0.353. The first-order chi connectivity index (χ1) is 8.28. The Balaban J connectivity index is 2.81. The van der Waals surface area contributed by atoms with Crippen molar-refractivity contribution in [2.24, 2.45) is 5.41 Å². The van der Waals surface area contributed by atoms with E-state index in [0.717, 1.165) is 17.8 Å². The molecular weight excluding hydrogens is 323 g/mol. The molecule has 0 amide bonds. The van der Waals surface area contributed by atoms with Crippen molar-refractivity contribution in [2.75, 3.05) is 11.9 Å². The number of halogens is 2. The molecule has 7 heteroatoms. The number of hydrogen-bond donors (Lipinski definition) is 1. The van der Waals surface area contributed by atoms with E-state index in [1.807, 2.05) is 13.8 Å². The second-order valence-electron chi connectivity index (χ2n) is 4.72. The van der Waals surface area contributed by atoms with E-state index >= 15 is 0 Å². The zero-order valence-electron chi connectivity index (χ0n) is 10.3. The summed E-state index contributed by atoms with van der Waals surface area (Å²) in [7, 11) is -3.89. The number of rotatable bonds is 6. The summed E-state index contributed by atoms with van der Waals surface area (Å²) in [5.41, 5.74) is -0.207. The highest BCUT2D eigenvalue weighted by molar-refractivity contribution is 9.09. The molecule has 4 nitrogen and oxygen atoms in total. The van der Waals surface area contributed by atoms with E-state index < -0.39 is 20.9 Å². The molecule has 1 aromatic heterocycles. The van der Waals surface area contributed by atoms with E-state index in [1.165, 1.54) is 12.3 Å². The zero-order chi connectivity index (χ0) is 13.8. The molecule has 0 fully saturated rings. The van der Waals surface area contributed by atoms with E-state index in [2.05, 4.69) is 25.6 Å². The van der Waals surface area contributed by atoms with Gasteiger partial charge in [-0.05, 0) is 24.0 Å². The van der Waals surface area contributed by atoms with Crippen LogP contribution in [0.25, 0.3) is 0 Å². The fourth-order valence-corrected chi connectivity index (χ4v) is 3.59. The number of pyridine rings is 1. The summed E-state index contributed by atoms with van der Waals surface area (Å²) < 4.78 is 39.5. The number of nitrogens with zero attached hydrogens (tertiary/aromatic N) is 1. The minimum absolute atomic E-state index is 0.207. The topological polar surface area (TPSA) is 59.1 Å². The van der Waals surface area contributed by atoms with Gasteiger partial charge in [-0.15, -0.1) is 0 Å². The second kappa shape index (κ2) is 6.08. The van der Waals surface area contributed by atoms with Crippen LogP contribution in [0, 0.1) is 11.2 Å². The summed E-state index contributed by atoms with van der Waals surface area (Å²) in [5.74, 6) is -0.844. The highest BCUT2D eigenvalue weighted by Crippen LogP contribution is 2.21. The van der Waals surface area contributed by atoms with Crippen LogP contribution < -0.4 is 4.72 Å². The average Bonchev–Trinajstić information content (AvgIpc) is 2.27. The molecule has 0 radical (unpaired) electrons. The molecule has 0 atom stereocenters. The van der Waals surface area contributed by atoms with Crippen LogP contribution in [0.1, 0.15) is 20.3 Å². The Morgan fingerprint density at radius 2 is 2.17 bits per heavy atom. The molecule has 1 rings (SSSR count). The Morgan fingerprint density at radius 3 is 2.72 bits per heavy atom. The molecule has 1 aromatic rings. The summed E-state index contributed by atoms with van der Waals surface area (Å²) in [6, 6.07) is 2.42. The van der Waals surface area contributed by atoms with E-state index in [4.69, 9.17) is 0 Å². The fourth-order valence-electron chi connectivity index (χ4n) is 1.27. The summed E-state index contributed by atoms with van der Waals surface area (Å²) in [5, 5.41) is 0.222. The second-order valence-corrected chi connectivity index (χ2v) is 7.19.